The Morgan fingerprint density at radius 1 is 1.07 bits per heavy atom. The summed E-state index contributed by atoms with van der Waals surface area (Å²) >= 11 is 0. The van der Waals surface area contributed by atoms with Crippen LogP contribution in [0.3, 0.4) is 0 Å². The second kappa shape index (κ2) is 2.86. The smallest absolute Gasteiger partial charge is 0.231 e. The number of rotatable bonds is 0. The van der Waals surface area contributed by atoms with E-state index in [9.17, 15) is 0 Å². The molecule has 0 saturated carbocycles. The lowest BCUT2D eigenvalue weighted by Crippen LogP contribution is -1.92. The molecule has 1 aromatic carbocycles. The van der Waals surface area contributed by atoms with Gasteiger partial charge in [-0.25, -0.2) is 0 Å². The quantitative estimate of drug-likeness (QED) is 0.656. The van der Waals surface area contributed by atoms with E-state index in [-0.39, 0.29) is 0 Å². The number of aryl methyl sites for hydroxylation is 2. The van der Waals surface area contributed by atoms with Crippen molar-refractivity contribution in [3.05, 3.63) is 29.5 Å². The van der Waals surface area contributed by atoms with E-state index >= 15 is 0 Å². The van der Waals surface area contributed by atoms with Crippen LogP contribution in [-0.2, 0) is 0 Å². The molecular formula is C12H11NO2. The molecular weight excluding hydrogens is 190 g/mol. The first-order valence-corrected chi connectivity index (χ1v) is 4.91. The van der Waals surface area contributed by atoms with Gasteiger partial charge >= 0.3 is 0 Å². The minimum atomic E-state index is 0.309. The average molecular weight is 201 g/mol. The Hall–Kier alpha value is -1.77. The molecule has 1 aliphatic rings. The van der Waals surface area contributed by atoms with Crippen molar-refractivity contribution in [2.75, 3.05) is 6.79 Å². The summed E-state index contributed by atoms with van der Waals surface area (Å²) in [6, 6.07) is 6.02. The molecule has 0 bridgehead atoms. The van der Waals surface area contributed by atoms with Crippen LogP contribution in [-0.4, -0.2) is 11.8 Å². The lowest BCUT2D eigenvalue weighted by Gasteiger charge is -2.04. The van der Waals surface area contributed by atoms with Gasteiger partial charge in [0.05, 0.1) is 5.52 Å². The van der Waals surface area contributed by atoms with Crippen LogP contribution in [0.5, 0.6) is 11.5 Å². The Bertz CT molecular complexity index is 549. The number of hydrogen-bond acceptors (Lipinski definition) is 3. The Balaban J connectivity index is 2.38. The van der Waals surface area contributed by atoms with Crippen LogP contribution in [0.1, 0.15) is 11.3 Å². The van der Waals surface area contributed by atoms with E-state index in [1.165, 1.54) is 5.56 Å². The summed E-state index contributed by atoms with van der Waals surface area (Å²) in [6.07, 6.45) is 0. The van der Waals surface area contributed by atoms with Crippen molar-refractivity contribution in [2.45, 2.75) is 13.8 Å². The molecule has 0 amide bonds. The fraction of sp³-hybridized carbons (Fsp3) is 0.250. The van der Waals surface area contributed by atoms with E-state index in [1.54, 1.807) is 0 Å². The molecule has 76 valence electrons. The monoisotopic (exact) mass is 201 g/mol. The van der Waals surface area contributed by atoms with E-state index in [0.29, 0.717) is 6.79 Å². The topological polar surface area (TPSA) is 31.4 Å². The van der Waals surface area contributed by atoms with Crippen LogP contribution in [0.15, 0.2) is 18.2 Å². The van der Waals surface area contributed by atoms with Crippen molar-refractivity contribution >= 4 is 10.9 Å². The minimum absolute atomic E-state index is 0.309. The molecule has 0 radical (unpaired) electrons. The summed E-state index contributed by atoms with van der Waals surface area (Å²) in [5.74, 6) is 1.61. The molecule has 0 saturated heterocycles. The van der Waals surface area contributed by atoms with Gasteiger partial charge in [-0.15, -0.1) is 0 Å². The maximum atomic E-state index is 5.34. The molecule has 0 unspecified atom stereocenters. The number of nitrogens with zero attached hydrogens (tertiary/aromatic N) is 1. The summed E-state index contributed by atoms with van der Waals surface area (Å²) in [4.78, 5) is 4.48. The Morgan fingerprint density at radius 3 is 2.60 bits per heavy atom. The van der Waals surface area contributed by atoms with Crippen LogP contribution >= 0.6 is 0 Å². The number of benzene rings is 1. The maximum Gasteiger partial charge on any atom is 0.231 e. The van der Waals surface area contributed by atoms with Gasteiger partial charge in [0.15, 0.2) is 11.5 Å². The highest BCUT2D eigenvalue weighted by Crippen LogP contribution is 2.36. The van der Waals surface area contributed by atoms with Crippen LogP contribution in [0.25, 0.3) is 10.9 Å². The summed E-state index contributed by atoms with van der Waals surface area (Å²) in [6.45, 7) is 4.39. The van der Waals surface area contributed by atoms with E-state index in [1.807, 2.05) is 19.1 Å². The molecule has 3 heteroatoms. The zero-order chi connectivity index (χ0) is 10.4. The van der Waals surface area contributed by atoms with Crippen molar-refractivity contribution in [1.29, 1.82) is 0 Å². The second-order valence-electron chi connectivity index (χ2n) is 3.80. The number of pyridine rings is 1. The predicted molar refractivity (Wildman–Crippen MR) is 57.3 cm³/mol. The van der Waals surface area contributed by atoms with Gasteiger partial charge in [0, 0.05) is 17.1 Å². The third kappa shape index (κ3) is 1.23. The summed E-state index contributed by atoms with van der Waals surface area (Å²) in [5, 5.41) is 1.13. The molecule has 1 aliphatic heterocycles. The number of aromatic nitrogens is 1. The average Bonchev–Trinajstić information content (AvgIpc) is 2.61. The number of hydrogen-bond donors (Lipinski definition) is 0. The minimum Gasteiger partial charge on any atom is -0.454 e. The van der Waals surface area contributed by atoms with Gasteiger partial charge in [0.1, 0.15) is 0 Å². The molecule has 2 aromatic rings. The lowest BCUT2D eigenvalue weighted by molar-refractivity contribution is 0.174. The molecule has 1 aromatic heterocycles. The van der Waals surface area contributed by atoms with Gasteiger partial charge in [0.2, 0.25) is 6.79 Å². The van der Waals surface area contributed by atoms with Gasteiger partial charge in [-0.3, -0.25) is 4.98 Å². The van der Waals surface area contributed by atoms with Gasteiger partial charge < -0.3 is 9.47 Å². The van der Waals surface area contributed by atoms with Crippen molar-refractivity contribution in [2.24, 2.45) is 0 Å². The van der Waals surface area contributed by atoms with Gasteiger partial charge in [-0.05, 0) is 31.5 Å². The standard InChI is InChI=1S/C12H11NO2/c1-7-3-8(2)13-10-5-12-11(4-9(7)10)14-6-15-12/h3-5H,6H2,1-2H3. The SMILES string of the molecule is Cc1cc(C)c2cc3c(cc2n1)OCO3. The largest absolute Gasteiger partial charge is 0.454 e. The zero-order valence-electron chi connectivity index (χ0n) is 8.70. The highest BCUT2D eigenvalue weighted by atomic mass is 16.7. The van der Waals surface area contributed by atoms with Crippen LogP contribution in [0.4, 0.5) is 0 Å². The first kappa shape index (κ1) is 8.53. The second-order valence-corrected chi connectivity index (χ2v) is 3.80. The molecule has 0 spiro atoms. The molecule has 0 aliphatic carbocycles. The first-order chi connectivity index (χ1) is 7.24. The molecule has 2 heterocycles. The molecule has 0 N–H and O–H groups in total. The highest BCUT2D eigenvalue weighted by molar-refractivity contribution is 5.86. The van der Waals surface area contributed by atoms with Crippen LogP contribution in [0.2, 0.25) is 0 Å². The first-order valence-electron chi connectivity index (χ1n) is 4.91. The van der Waals surface area contributed by atoms with E-state index in [2.05, 4.69) is 18.0 Å². The lowest BCUT2D eigenvalue weighted by atomic mass is 10.1. The van der Waals surface area contributed by atoms with Crippen molar-refractivity contribution in [3.63, 3.8) is 0 Å². The van der Waals surface area contributed by atoms with E-state index in [0.717, 1.165) is 28.1 Å². The Labute approximate surface area is 87.6 Å². The summed E-state index contributed by atoms with van der Waals surface area (Å²) in [5.41, 5.74) is 3.21. The molecule has 0 fully saturated rings. The van der Waals surface area contributed by atoms with Gasteiger partial charge in [-0.2, -0.15) is 0 Å². The fourth-order valence-corrected chi connectivity index (χ4v) is 1.95. The molecule has 3 rings (SSSR count). The van der Waals surface area contributed by atoms with Crippen LogP contribution < -0.4 is 9.47 Å². The Kier molecular flexibility index (Phi) is 1.63. The number of ether oxygens (including phenoxy) is 2. The van der Waals surface area contributed by atoms with Crippen molar-refractivity contribution in [1.82, 2.24) is 4.98 Å². The third-order valence-electron chi connectivity index (χ3n) is 2.64. The summed E-state index contributed by atoms with van der Waals surface area (Å²) < 4.78 is 10.7. The fourth-order valence-electron chi connectivity index (χ4n) is 1.95. The van der Waals surface area contributed by atoms with E-state index in [4.69, 9.17) is 9.47 Å². The maximum absolute atomic E-state index is 5.34. The van der Waals surface area contributed by atoms with Crippen molar-refractivity contribution < 1.29 is 9.47 Å². The van der Waals surface area contributed by atoms with Crippen molar-refractivity contribution in [3.8, 4) is 11.5 Å². The third-order valence-corrected chi connectivity index (χ3v) is 2.64. The van der Waals surface area contributed by atoms with Gasteiger partial charge in [0.25, 0.3) is 0 Å². The normalized spacial score (nSPS) is 13.5. The zero-order valence-corrected chi connectivity index (χ0v) is 8.70. The predicted octanol–water partition coefficient (Wildman–Crippen LogP) is 2.58. The summed E-state index contributed by atoms with van der Waals surface area (Å²) in [7, 11) is 0. The molecule has 15 heavy (non-hydrogen) atoms. The van der Waals surface area contributed by atoms with Crippen LogP contribution in [0, 0.1) is 13.8 Å². The molecule has 3 nitrogen and oxygen atoms in total. The molecule has 0 atom stereocenters. The van der Waals surface area contributed by atoms with E-state index < -0.39 is 0 Å². The van der Waals surface area contributed by atoms with Gasteiger partial charge in [-0.1, -0.05) is 0 Å². The highest BCUT2D eigenvalue weighted by Gasteiger charge is 2.15. The Morgan fingerprint density at radius 2 is 1.80 bits per heavy atom. The number of fused-ring (bicyclic) bond motifs is 2.